The highest BCUT2D eigenvalue weighted by Crippen LogP contribution is 2.39. The van der Waals surface area contributed by atoms with E-state index in [1.54, 1.807) is 19.2 Å². The Balaban J connectivity index is 1.90. The maximum absolute atomic E-state index is 12.9. The summed E-state index contributed by atoms with van der Waals surface area (Å²) in [5.41, 5.74) is 2.71. The number of benzene rings is 2. The lowest BCUT2D eigenvalue weighted by Crippen LogP contribution is -2.44. The zero-order valence-electron chi connectivity index (χ0n) is 16.1. The van der Waals surface area contributed by atoms with Crippen LogP contribution in [0, 0.1) is 13.8 Å². The maximum atomic E-state index is 12.9. The fourth-order valence-corrected chi connectivity index (χ4v) is 4.80. The summed E-state index contributed by atoms with van der Waals surface area (Å²) < 4.78 is 39.7. The molecule has 0 amide bonds. The van der Waals surface area contributed by atoms with Gasteiger partial charge in [0.1, 0.15) is 5.75 Å². The third-order valence-electron chi connectivity index (χ3n) is 5.52. The summed E-state index contributed by atoms with van der Waals surface area (Å²) in [6.07, 6.45) is 1.48. The van der Waals surface area contributed by atoms with Crippen LogP contribution in [0.15, 0.2) is 47.4 Å². The van der Waals surface area contributed by atoms with E-state index in [9.17, 15) is 8.42 Å². The van der Waals surface area contributed by atoms with E-state index in [2.05, 4.69) is 4.72 Å². The Morgan fingerprint density at radius 2 is 1.78 bits per heavy atom. The molecule has 2 aromatic rings. The molecule has 3 rings (SSSR count). The van der Waals surface area contributed by atoms with E-state index in [1.807, 2.05) is 44.2 Å². The third-order valence-corrected chi connectivity index (χ3v) is 6.92. The van der Waals surface area contributed by atoms with Crippen LogP contribution >= 0.6 is 0 Å². The largest absolute Gasteiger partial charge is 0.496 e. The quantitative estimate of drug-likeness (QED) is 0.823. The highest BCUT2D eigenvalue weighted by Gasteiger charge is 2.37. The smallest absolute Gasteiger partial charge is 0.240 e. The lowest BCUT2D eigenvalue weighted by molar-refractivity contribution is 0.0509. The van der Waals surface area contributed by atoms with E-state index in [1.165, 1.54) is 0 Å². The Labute approximate surface area is 161 Å². The Morgan fingerprint density at radius 3 is 2.44 bits per heavy atom. The van der Waals surface area contributed by atoms with Gasteiger partial charge in [0.25, 0.3) is 0 Å². The number of para-hydroxylation sites is 1. The van der Waals surface area contributed by atoms with Crippen molar-refractivity contribution in [3.63, 3.8) is 0 Å². The van der Waals surface area contributed by atoms with Crippen molar-refractivity contribution >= 4 is 10.0 Å². The zero-order valence-corrected chi connectivity index (χ0v) is 16.9. The van der Waals surface area contributed by atoms with Gasteiger partial charge >= 0.3 is 0 Å². The summed E-state index contributed by atoms with van der Waals surface area (Å²) in [6.45, 7) is 5.40. The van der Waals surface area contributed by atoms with Gasteiger partial charge in [0.15, 0.2) is 0 Å². The van der Waals surface area contributed by atoms with Crippen LogP contribution in [0.1, 0.15) is 29.5 Å². The Morgan fingerprint density at radius 1 is 1.07 bits per heavy atom. The van der Waals surface area contributed by atoms with Crippen LogP contribution in [-0.2, 0) is 20.2 Å². The number of methoxy groups -OCH3 is 1. The van der Waals surface area contributed by atoms with Crippen LogP contribution in [0.5, 0.6) is 5.75 Å². The summed E-state index contributed by atoms with van der Waals surface area (Å²) in [4.78, 5) is 0.299. The molecule has 1 fully saturated rings. The monoisotopic (exact) mass is 389 g/mol. The number of rotatable bonds is 6. The molecule has 0 radical (unpaired) electrons. The predicted octanol–water partition coefficient (Wildman–Crippen LogP) is 3.34. The minimum Gasteiger partial charge on any atom is -0.496 e. The van der Waals surface area contributed by atoms with Crippen molar-refractivity contribution in [1.29, 1.82) is 0 Å². The second-order valence-electron chi connectivity index (χ2n) is 7.16. The SMILES string of the molecule is COc1ccccc1C1(CNS(=O)(=O)c2ccc(C)c(C)c2)CCOCC1. The summed E-state index contributed by atoms with van der Waals surface area (Å²) in [5.74, 6) is 0.782. The molecular weight excluding hydrogens is 362 g/mol. The van der Waals surface area contributed by atoms with Gasteiger partial charge in [-0.25, -0.2) is 13.1 Å². The van der Waals surface area contributed by atoms with E-state index >= 15 is 0 Å². The van der Waals surface area contributed by atoms with Crippen LogP contribution in [0.25, 0.3) is 0 Å². The molecule has 1 N–H and O–H groups in total. The van der Waals surface area contributed by atoms with Crippen molar-refractivity contribution in [3.05, 3.63) is 59.2 Å². The molecule has 1 heterocycles. The minimum atomic E-state index is -3.60. The lowest BCUT2D eigenvalue weighted by atomic mass is 9.74. The maximum Gasteiger partial charge on any atom is 0.240 e. The van der Waals surface area contributed by atoms with Gasteiger partial charge in [-0.1, -0.05) is 24.3 Å². The molecule has 0 saturated carbocycles. The van der Waals surface area contributed by atoms with Crippen LogP contribution in [-0.4, -0.2) is 35.3 Å². The van der Waals surface area contributed by atoms with Crippen molar-refractivity contribution in [2.24, 2.45) is 0 Å². The topological polar surface area (TPSA) is 64.6 Å². The van der Waals surface area contributed by atoms with Gasteiger partial charge in [0, 0.05) is 30.7 Å². The van der Waals surface area contributed by atoms with Gasteiger partial charge in [0.2, 0.25) is 10.0 Å². The molecule has 0 unspecified atom stereocenters. The van der Waals surface area contributed by atoms with Crippen LogP contribution in [0.3, 0.4) is 0 Å². The summed E-state index contributed by atoms with van der Waals surface area (Å²) in [6, 6.07) is 13.1. The molecule has 0 atom stereocenters. The lowest BCUT2D eigenvalue weighted by Gasteiger charge is -2.38. The van der Waals surface area contributed by atoms with E-state index < -0.39 is 10.0 Å². The second-order valence-corrected chi connectivity index (χ2v) is 8.93. The summed E-state index contributed by atoms with van der Waals surface area (Å²) >= 11 is 0. The molecule has 2 aromatic carbocycles. The normalized spacial score (nSPS) is 16.9. The highest BCUT2D eigenvalue weighted by molar-refractivity contribution is 7.89. The molecule has 1 aliphatic heterocycles. The standard InChI is InChI=1S/C21H27NO4S/c1-16-8-9-18(14-17(16)2)27(23,24)22-15-21(10-12-26-13-11-21)19-6-4-5-7-20(19)25-3/h4-9,14,22H,10-13,15H2,1-3H3. The zero-order chi connectivity index (χ0) is 19.5. The van der Waals surface area contributed by atoms with Gasteiger partial charge in [0.05, 0.1) is 12.0 Å². The number of ether oxygens (including phenoxy) is 2. The molecule has 1 aliphatic rings. The van der Waals surface area contributed by atoms with E-state index in [0.717, 1.165) is 35.3 Å². The number of aryl methyl sites for hydroxylation is 2. The summed E-state index contributed by atoms with van der Waals surface area (Å²) in [7, 11) is -1.95. The third kappa shape index (κ3) is 4.18. The van der Waals surface area contributed by atoms with Crippen molar-refractivity contribution < 1.29 is 17.9 Å². The number of sulfonamides is 1. The van der Waals surface area contributed by atoms with Crippen molar-refractivity contribution in [2.45, 2.75) is 37.0 Å². The van der Waals surface area contributed by atoms with Gasteiger partial charge < -0.3 is 9.47 Å². The predicted molar refractivity (Wildman–Crippen MR) is 106 cm³/mol. The van der Waals surface area contributed by atoms with Crippen LogP contribution in [0.2, 0.25) is 0 Å². The molecule has 0 aliphatic carbocycles. The molecule has 5 nitrogen and oxygen atoms in total. The Bertz CT molecular complexity index is 902. The van der Waals surface area contributed by atoms with Crippen molar-refractivity contribution in [1.82, 2.24) is 4.72 Å². The first-order chi connectivity index (χ1) is 12.9. The van der Waals surface area contributed by atoms with E-state index in [4.69, 9.17) is 9.47 Å². The van der Waals surface area contributed by atoms with Gasteiger partial charge in [-0.05, 0) is 56.0 Å². The molecule has 0 bridgehead atoms. The second kappa shape index (κ2) is 8.00. The van der Waals surface area contributed by atoms with Crippen LogP contribution in [0.4, 0.5) is 0 Å². The molecular formula is C21H27NO4S. The average molecular weight is 390 g/mol. The Kier molecular flexibility index (Phi) is 5.89. The molecule has 6 heteroatoms. The first kappa shape index (κ1) is 19.9. The molecule has 0 aromatic heterocycles. The minimum absolute atomic E-state index is 0.299. The molecule has 146 valence electrons. The first-order valence-corrected chi connectivity index (χ1v) is 10.6. The first-order valence-electron chi connectivity index (χ1n) is 9.16. The highest BCUT2D eigenvalue weighted by atomic mass is 32.2. The fourth-order valence-electron chi connectivity index (χ4n) is 3.58. The Hall–Kier alpha value is -1.89. The van der Waals surface area contributed by atoms with E-state index in [0.29, 0.717) is 24.7 Å². The summed E-state index contributed by atoms with van der Waals surface area (Å²) in [5, 5.41) is 0. The number of nitrogens with one attached hydrogen (secondary N) is 1. The number of hydrogen-bond donors (Lipinski definition) is 1. The van der Waals surface area contributed by atoms with Crippen molar-refractivity contribution in [3.8, 4) is 5.75 Å². The van der Waals surface area contributed by atoms with Crippen molar-refractivity contribution in [2.75, 3.05) is 26.9 Å². The number of hydrogen-bond acceptors (Lipinski definition) is 4. The van der Waals surface area contributed by atoms with Gasteiger partial charge in [-0.3, -0.25) is 0 Å². The van der Waals surface area contributed by atoms with E-state index in [-0.39, 0.29) is 5.41 Å². The fraction of sp³-hybridized carbons (Fsp3) is 0.429. The molecule has 0 spiro atoms. The van der Waals surface area contributed by atoms with Crippen LogP contribution < -0.4 is 9.46 Å². The molecule has 1 saturated heterocycles. The average Bonchev–Trinajstić information content (AvgIpc) is 2.69. The van der Waals surface area contributed by atoms with Gasteiger partial charge in [-0.2, -0.15) is 0 Å². The van der Waals surface area contributed by atoms with Gasteiger partial charge in [-0.15, -0.1) is 0 Å². The molecule has 27 heavy (non-hydrogen) atoms.